The lowest BCUT2D eigenvalue weighted by atomic mass is 10.1. The Hall–Kier alpha value is -2.32. The van der Waals surface area contributed by atoms with Crippen LogP contribution in [-0.2, 0) is 9.53 Å². The van der Waals surface area contributed by atoms with E-state index >= 15 is 0 Å². The SMILES string of the molecule is C#CCN=C/C(C(=O)OCC)=C(/O)c1cccnc1Cl. The van der Waals surface area contributed by atoms with E-state index in [2.05, 4.69) is 15.9 Å². The van der Waals surface area contributed by atoms with Gasteiger partial charge < -0.3 is 9.84 Å². The number of hydrogen-bond donors (Lipinski definition) is 1. The van der Waals surface area contributed by atoms with Gasteiger partial charge in [-0.15, -0.1) is 6.42 Å². The third-order valence-corrected chi connectivity index (χ3v) is 2.47. The summed E-state index contributed by atoms with van der Waals surface area (Å²) >= 11 is 5.87. The van der Waals surface area contributed by atoms with E-state index in [4.69, 9.17) is 22.8 Å². The van der Waals surface area contributed by atoms with Crippen molar-refractivity contribution in [2.24, 2.45) is 4.99 Å². The minimum absolute atomic E-state index is 0.0668. The molecule has 0 bridgehead atoms. The zero-order valence-electron chi connectivity index (χ0n) is 10.8. The summed E-state index contributed by atoms with van der Waals surface area (Å²) in [6.07, 6.45) is 7.70. The molecule has 0 saturated heterocycles. The number of rotatable bonds is 5. The Morgan fingerprint density at radius 1 is 1.70 bits per heavy atom. The van der Waals surface area contributed by atoms with Crippen LogP contribution in [0, 0.1) is 12.3 Å². The molecule has 0 amide bonds. The molecule has 0 atom stereocenters. The minimum atomic E-state index is -0.717. The molecule has 0 aliphatic heterocycles. The van der Waals surface area contributed by atoms with E-state index in [1.165, 1.54) is 12.3 Å². The zero-order valence-corrected chi connectivity index (χ0v) is 11.6. The van der Waals surface area contributed by atoms with Crippen molar-refractivity contribution >= 4 is 29.5 Å². The summed E-state index contributed by atoms with van der Waals surface area (Å²) in [4.78, 5) is 19.5. The van der Waals surface area contributed by atoms with Crippen LogP contribution in [0.4, 0.5) is 0 Å². The summed E-state index contributed by atoms with van der Waals surface area (Å²) in [5.74, 6) is 1.22. The molecule has 6 heteroatoms. The standard InChI is InChI=1S/C14H13ClN2O3/c1-3-7-16-9-11(14(19)20-4-2)12(18)10-6-5-8-17-13(10)15/h1,5-6,8-9,18H,4,7H2,2H3/b12-11-,16-9?. The molecule has 20 heavy (non-hydrogen) atoms. The van der Waals surface area contributed by atoms with Gasteiger partial charge in [0, 0.05) is 12.4 Å². The van der Waals surface area contributed by atoms with Crippen LogP contribution in [0.1, 0.15) is 12.5 Å². The van der Waals surface area contributed by atoms with Crippen LogP contribution in [0.25, 0.3) is 5.76 Å². The molecule has 5 nitrogen and oxygen atoms in total. The van der Waals surface area contributed by atoms with Gasteiger partial charge in [0.1, 0.15) is 16.5 Å². The third-order valence-electron chi connectivity index (χ3n) is 2.17. The number of aliphatic hydroxyl groups excluding tert-OH is 1. The van der Waals surface area contributed by atoms with Crippen molar-refractivity contribution in [3.63, 3.8) is 0 Å². The van der Waals surface area contributed by atoms with Crippen molar-refractivity contribution in [3.05, 3.63) is 34.6 Å². The minimum Gasteiger partial charge on any atom is -0.506 e. The average molecular weight is 293 g/mol. The smallest absolute Gasteiger partial charge is 0.343 e. The quantitative estimate of drug-likeness (QED) is 0.226. The maximum atomic E-state index is 11.8. The van der Waals surface area contributed by atoms with E-state index in [0.29, 0.717) is 0 Å². The number of halogens is 1. The number of terminal acetylenes is 1. The lowest BCUT2D eigenvalue weighted by molar-refractivity contribution is -0.137. The van der Waals surface area contributed by atoms with Crippen molar-refractivity contribution in [2.45, 2.75) is 6.92 Å². The van der Waals surface area contributed by atoms with Gasteiger partial charge in [0.15, 0.2) is 0 Å². The van der Waals surface area contributed by atoms with Gasteiger partial charge in [0.25, 0.3) is 0 Å². The molecule has 0 fully saturated rings. The van der Waals surface area contributed by atoms with Gasteiger partial charge in [0.2, 0.25) is 0 Å². The fourth-order valence-corrected chi connectivity index (χ4v) is 1.53. The molecule has 0 spiro atoms. The van der Waals surface area contributed by atoms with Gasteiger partial charge in [-0.2, -0.15) is 0 Å². The number of aliphatic hydroxyl groups is 1. The Balaban J connectivity index is 3.26. The number of ether oxygens (including phenoxy) is 1. The van der Waals surface area contributed by atoms with Gasteiger partial charge in [-0.05, 0) is 19.1 Å². The van der Waals surface area contributed by atoms with E-state index in [0.717, 1.165) is 6.21 Å². The van der Waals surface area contributed by atoms with Crippen LogP contribution in [0.3, 0.4) is 0 Å². The average Bonchev–Trinajstić information content (AvgIpc) is 2.44. The number of pyridine rings is 1. The van der Waals surface area contributed by atoms with Crippen LogP contribution >= 0.6 is 11.6 Å². The molecule has 104 valence electrons. The van der Waals surface area contributed by atoms with Crippen molar-refractivity contribution < 1.29 is 14.6 Å². The van der Waals surface area contributed by atoms with E-state index in [9.17, 15) is 9.90 Å². The first-order valence-electron chi connectivity index (χ1n) is 5.76. The second kappa shape index (κ2) is 7.97. The molecule has 0 unspecified atom stereocenters. The van der Waals surface area contributed by atoms with Gasteiger partial charge in [0.05, 0.1) is 18.7 Å². The second-order valence-corrected chi connectivity index (χ2v) is 3.86. The summed E-state index contributed by atoms with van der Waals surface area (Å²) in [6, 6.07) is 3.11. The topological polar surface area (TPSA) is 71.8 Å². The molecular weight excluding hydrogens is 280 g/mol. The molecule has 0 aromatic carbocycles. The zero-order chi connectivity index (χ0) is 15.0. The van der Waals surface area contributed by atoms with Crippen molar-refractivity contribution in [2.75, 3.05) is 13.2 Å². The lowest BCUT2D eigenvalue weighted by Crippen LogP contribution is -2.11. The highest BCUT2D eigenvalue weighted by Crippen LogP contribution is 2.22. The first-order valence-corrected chi connectivity index (χ1v) is 6.14. The molecule has 1 aromatic rings. The highest BCUT2D eigenvalue weighted by molar-refractivity contribution is 6.31. The summed E-state index contributed by atoms with van der Waals surface area (Å²) in [7, 11) is 0. The normalized spacial score (nSPS) is 11.8. The largest absolute Gasteiger partial charge is 0.506 e. The third kappa shape index (κ3) is 4.11. The Kier molecular flexibility index (Phi) is 6.27. The Morgan fingerprint density at radius 3 is 3.05 bits per heavy atom. The second-order valence-electron chi connectivity index (χ2n) is 3.50. The summed E-state index contributed by atoms with van der Waals surface area (Å²) in [5, 5.41) is 10.2. The molecule has 1 heterocycles. The van der Waals surface area contributed by atoms with E-state index in [1.54, 1.807) is 13.0 Å². The number of nitrogens with zero attached hydrogens (tertiary/aromatic N) is 2. The number of esters is 1. The molecule has 1 rings (SSSR count). The van der Waals surface area contributed by atoms with Gasteiger partial charge in [-0.25, -0.2) is 9.78 Å². The molecule has 0 aliphatic carbocycles. The van der Waals surface area contributed by atoms with Gasteiger partial charge in [-0.1, -0.05) is 17.5 Å². The van der Waals surface area contributed by atoms with Crippen LogP contribution < -0.4 is 0 Å². The molecule has 0 radical (unpaired) electrons. The lowest BCUT2D eigenvalue weighted by Gasteiger charge is -2.07. The Labute approximate surface area is 122 Å². The van der Waals surface area contributed by atoms with Crippen LogP contribution in [0.15, 0.2) is 28.9 Å². The van der Waals surface area contributed by atoms with Crippen LogP contribution in [0.5, 0.6) is 0 Å². The van der Waals surface area contributed by atoms with Crippen LogP contribution in [-0.4, -0.2) is 35.4 Å². The summed E-state index contributed by atoms with van der Waals surface area (Å²) in [5.41, 5.74) is 0.0846. The number of hydrogen-bond acceptors (Lipinski definition) is 5. The van der Waals surface area contributed by atoms with E-state index < -0.39 is 5.97 Å². The summed E-state index contributed by atoms with van der Waals surface area (Å²) < 4.78 is 4.85. The maximum absolute atomic E-state index is 11.8. The predicted molar refractivity (Wildman–Crippen MR) is 77.6 cm³/mol. The molecule has 0 saturated carbocycles. The highest BCUT2D eigenvalue weighted by atomic mass is 35.5. The van der Waals surface area contributed by atoms with Crippen molar-refractivity contribution in [3.8, 4) is 12.3 Å². The molecule has 0 aliphatic rings. The predicted octanol–water partition coefficient (Wildman–Crippen LogP) is 2.27. The number of aliphatic imine (C=N–C) groups is 1. The highest BCUT2D eigenvalue weighted by Gasteiger charge is 2.18. The van der Waals surface area contributed by atoms with Crippen LogP contribution in [0.2, 0.25) is 5.15 Å². The van der Waals surface area contributed by atoms with E-state index in [1.807, 2.05) is 0 Å². The Morgan fingerprint density at radius 2 is 2.45 bits per heavy atom. The molecule has 1 aromatic heterocycles. The monoisotopic (exact) mass is 292 g/mol. The molecule has 1 N–H and O–H groups in total. The number of carbonyl (C=O) groups is 1. The van der Waals surface area contributed by atoms with Gasteiger partial charge >= 0.3 is 5.97 Å². The Bertz CT molecular complexity index is 588. The fourth-order valence-electron chi connectivity index (χ4n) is 1.32. The maximum Gasteiger partial charge on any atom is 0.343 e. The van der Waals surface area contributed by atoms with E-state index in [-0.39, 0.29) is 35.2 Å². The fraction of sp³-hybridized carbons (Fsp3) is 0.214. The van der Waals surface area contributed by atoms with Crippen molar-refractivity contribution in [1.29, 1.82) is 0 Å². The van der Waals surface area contributed by atoms with Crippen molar-refractivity contribution in [1.82, 2.24) is 4.98 Å². The first kappa shape index (κ1) is 15.7. The summed E-state index contributed by atoms with van der Waals surface area (Å²) in [6.45, 7) is 1.90. The number of carbonyl (C=O) groups excluding carboxylic acids is 1. The first-order chi connectivity index (χ1) is 9.61. The van der Waals surface area contributed by atoms with Gasteiger partial charge in [-0.3, -0.25) is 4.99 Å². The number of aromatic nitrogens is 1. The molecular formula is C14H13ClN2O3.